The molecule has 0 unspecified atom stereocenters. The first-order chi connectivity index (χ1) is 15.0. The highest BCUT2D eigenvalue weighted by Gasteiger charge is 2.23. The van der Waals surface area contributed by atoms with E-state index < -0.39 is 0 Å². The monoisotopic (exact) mass is 429 g/mol. The van der Waals surface area contributed by atoms with Crippen LogP contribution in [0.25, 0.3) is 0 Å². The molecule has 0 saturated carbocycles. The lowest BCUT2D eigenvalue weighted by atomic mass is 9.90. The van der Waals surface area contributed by atoms with Crippen LogP contribution < -0.4 is 5.32 Å². The summed E-state index contributed by atoms with van der Waals surface area (Å²) in [5.74, 6) is 1.33. The van der Waals surface area contributed by atoms with Crippen LogP contribution in [0.15, 0.2) is 35.3 Å². The maximum Gasteiger partial charge on any atom is 0.244 e. The number of amides is 2. The first-order valence-corrected chi connectivity index (χ1v) is 11.6. The average Bonchev–Trinajstić information content (AvgIpc) is 2.78. The van der Waals surface area contributed by atoms with Crippen molar-refractivity contribution < 1.29 is 9.59 Å². The molecule has 0 aliphatic carbocycles. The SMILES string of the molecule is CCNC(=NCC(=O)N1CCC(Cc2ccccc2)CC1)N(C)CC(=O)N(CC)CC. The van der Waals surface area contributed by atoms with Crippen LogP contribution >= 0.6 is 0 Å². The Morgan fingerprint density at radius 1 is 1.10 bits per heavy atom. The van der Waals surface area contributed by atoms with Crippen molar-refractivity contribution >= 4 is 17.8 Å². The largest absolute Gasteiger partial charge is 0.356 e. The molecule has 1 aliphatic heterocycles. The Balaban J connectivity index is 1.85. The average molecular weight is 430 g/mol. The summed E-state index contributed by atoms with van der Waals surface area (Å²) in [6, 6.07) is 10.6. The number of nitrogens with zero attached hydrogens (tertiary/aromatic N) is 4. The predicted octanol–water partition coefficient (Wildman–Crippen LogP) is 2.23. The van der Waals surface area contributed by atoms with Crippen LogP contribution in [0, 0.1) is 5.92 Å². The van der Waals surface area contributed by atoms with E-state index in [9.17, 15) is 9.59 Å². The zero-order valence-electron chi connectivity index (χ0n) is 19.6. The highest BCUT2D eigenvalue weighted by atomic mass is 16.2. The molecule has 7 nitrogen and oxygen atoms in total. The quantitative estimate of drug-likeness (QED) is 0.483. The van der Waals surface area contributed by atoms with E-state index in [-0.39, 0.29) is 24.9 Å². The van der Waals surface area contributed by atoms with Gasteiger partial charge in [0.15, 0.2) is 5.96 Å². The van der Waals surface area contributed by atoms with Crippen LogP contribution in [0.2, 0.25) is 0 Å². The third-order valence-corrected chi connectivity index (χ3v) is 5.88. The summed E-state index contributed by atoms with van der Waals surface area (Å²) in [5.41, 5.74) is 1.37. The molecule has 2 amide bonds. The minimum Gasteiger partial charge on any atom is -0.356 e. The van der Waals surface area contributed by atoms with Crippen molar-refractivity contribution in [2.24, 2.45) is 10.9 Å². The van der Waals surface area contributed by atoms with Crippen molar-refractivity contribution in [3.8, 4) is 0 Å². The van der Waals surface area contributed by atoms with Crippen LogP contribution in [-0.2, 0) is 16.0 Å². The molecule has 31 heavy (non-hydrogen) atoms. The maximum absolute atomic E-state index is 12.7. The molecule has 0 spiro atoms. The smallest absolute Gasteiger partial charge is 0.244 e. The number of likely N-dealkylation sites (N-methyl/N-ethyl adjacent to an activating group) is 2. The lowest BCUT2D eigenvalue weighted by molar-refractivity contribution is -0.131. The molecule has 0 atom stereocenters. The van der Waals surface area contributed by atoms with Crippen molar-refractivity contribution in [3.63, 3.8) is 0 Å². The minimum absolute atomic E-state index is 0.0528. The molecule has 0 bridgehead atoms. The van der Waals surface area contributed by atoms with Gasteiger partial charge in [0.2, 0.25) is 11.8 Å². The minimum atomic E-state index is 0.0528. The number of aliphatic imine (C=N–C) groups is 1. The summed E-state index contributed by atoms with van der Waals surface area (Å²) in [6.07, 6.45) is 3.14. The second-order valence-electron chi connectivity index (χ2n) is 8.11. The van der Waals surface area contributed by atoms with E-state index in [0.29, 0.717) is 31.5 Å². The number of likely N-dealkylation sites (tertiary alicyclic amines) is 1. The van der Waals surface area contributed by atoms with E-state index in [1.54, 1.807) is 9.80 Å². The summed E-state index contributed by atoms with van der Waals surface area (Å²) < 4.78 is 0. The standard InChI is InChI=1S/C24H39N5O2/c1-5-25-24(27(4)19-23(31)28(6-2)7-3)26-18-22(30)29-15-13-21(14-16-29)17-20-11-9-8-10-12-20/h8-12,21H,5-7,13-19H2,1-4H3,(H,25,26). The first kappa shape index (κ1) is 24.7. The van der Waals surface area contributed by atoms with Crippen LogP contribution in [0.5, 0.6) is 0 Å². The highest BCUT2D eigenvalue weighted by molar-refractivity contribution is 5.88. The summed E-state index contributed by atoms with van der Waals surface area (Å²) >= 11 is 0. The maximum atomic E-state index is 12.7. The van der Waals surface area contributed by atoms with E-state index in [1.165, 1.54) is 5.56 Å². The Morgan fingerprint density at radius 2 is 1.74 bits per heavy atom. The lowest BCUT2D eigenvalue weighted by Crippen LogP contribution is -2.46. The molecule has 0 radical (unpaired) electrons. The number of nitrogens with one attached hydrogen (secondary N) is 1. The van der Waals surface area contributed by atoms with Gasteiger partial charge in [-0.3, -0.25) is 9.59 Å². The molecule has 172 valence electrons. The highest BCUT2D eigenvalue weighted by Crippen LogP contribution is 2.21. The Morgan fingerprint density at radius 3 is 2.32 bits per heavy atom. The number of benzene rings is 1. The van der Waals surface area contributed by atoms with Gasteiger partial charge in [0.1, 0.15) is 6.54 Å². The van der Waals surface area contributed by atoms with Crippen LogP contribution in [0.3, 0.4) is 0 Å². The summed E-state index contributed by atoms with van der Waals surface area (Å²) in [6.45, 7) is 9.92. The number of piperidine rings is 1. The van der Waals surface area contributed by atoms with Gasteiger partial charge in [-0.1, -0.05) is 30.3 Å². The number of guanidine groups is 1. The third-order valence-electron chi connectivity index (χ3n) is 5.88. The molecule has 2 rings (SSSR count). The van der Waals surface area contributed by atoms with Crippen molar-refractivity contribution in [1.29, 1.82) is 0 Å². The number of hydrogen-bond donors (Lipinski definition) is 1. The predicted molar refractivity (Wildman–Crippen MR) is 126 cm³/mol. The van der Waals surface area contributed by atoms with E-state index >= 15 is 0 Å². The molecule has 1 aromatic carbocycles. The Labute approximate surface area is 187 Å². The molecule has 1 heterocycles. The topological polar surface area (TPSA) is 68.2 Å². The fourth-order valence-corrected chi connectivity index (χ4v) is 4.00. The molecular weight excluding hydrogens is 390 g/mol. The van der Waals surface area contributed by atoms with E-state index in [2.05, 4.69) is 34.6 Å². The van der Waals surface area contributed by atoms with Gasteiger partial charge in [-0.05, 0) is 51.5 Å². The van der Waals surface area contributed by atoms with Crippen molar-refractivity contribution in [2.45, 2.75) is 40.0 Å². The second-order valence-corrected chi connectivity index (χ2v) is 8.11. The summed E-state index contributed by atoms with van der Waals surface area (Å²) in [5, 5.41) is 3.19. The van der Waals surface area contributed by atoms with Crippen molar-refractivity contribution in [2.75, 3.05) is 52.9 Å². The van der Waals surface area contributed by atoms with E-state index in [0.717, 1.165) is 32.4 Å². The lowest BCUT2D eigenvalue weighted by Gasteiger charge is -2.32. The zero-order chi connectivity index (χ0) is 22.6. The van der Waals surface area contributed by atoms with E-state index in [1.807, 2.05) is 38.8 Å². The van der Waals surface area contributed by atoms with Crippen LogP contribution in [0.1, 0.15) is 39.2 Å². The third kappa shape index (κ3) is 7.89. The Bertz CT molecular complexity index is 710. The zero-order valence-corrected chi connectivity index (χ0v) is 19.6. The Kier molecular flexibility index (Phi) is 10.3. The molecule has 1 N–H and O–H groups in total. The molecule has 1 fully saturated rings. The molecule has 7 heteroatoms. The van der Waals surface area contributed by atoms with Gasteiger partial charge in [-0.25, -0.2) is 4.99 Å². The van der Waals surface area contributed by atoms with Gasteiger partial charge in [0, 0.05) is 39.8 Å². The molecule has 1 aliphatic rings. The molecule has 1 saturated heterocycles. The first-order valence-electron chi connectivity index (χ1n) is 11.6. The molecule has 1 aromatic rings. The van der Waals surface area contributed by atoms with Gasteiger partial charge >= 0.3 is 0 Å². The van der Waals surface area contributed by atoms with Gasteiger partial charge in [-0.2, -0.15) is 0 Å². The van der Waals surface area contributed by atoms with Crippen LogP contribution in [-0.4, -0.2) is 85.3 Å². The van der Waals surface area contributed by atoms with Crippen LogP contribution in [0.4, 0.5) is 0 Å². The van der Waals surface area contributed by atoms with Gasteiger partial charge < -0.3 is 20.0 Å². The molecule has 0 aromatic heterocycles. The van der Waals surface area contributed by atoms with Crippen molar-refractivity contribution in [1.82, 2.24) is 20.0 Å². The number of carbonyl (C=O) groups excluding carboxylic acids is 2. The van der Waals surface area contributed by atoms with Gasteiger partial charge in [-0.15, -0.1) is 0 Å². The van der Waals surface area contributed by atoms with Crippen molar-refractivity contribution in [3.05, 3.63) is 35.9 Å². The van der Waals surface area contributed by atoms with Gasteiger partial charge in [0.05, 0.1) is 6.54 Å². The fraction of sp³-hybridized carbons (Fsp3) is 0.625. The normalized spacial score (nSPS) is 15.0. The number of hydrogen-bond acceptors (Lipinski definition) is 3. The van der Waals surface area contributed by atoms with E-state index in [4.69, 9.17) is 0 Å². The summed E-state index contributed by atoms with van der Waals surface area (Å²) in [4.78, 5) is 35.1. The Hall–Kier alpha value is -2.57. The number of carbonyl (C=O) groups is 2. The van der Waals surface area contributed by atoms with Gasteiger partial charge in [0.25, 0.3) is 0 Å². The second kappa shape index (κ2) is 13.0. The number of rotatable bonds is 9. The fourth-order valence-electron chi connectivity index (χ4n) is 4.00. The summed E-state index contributed by atoms with van der Waals surface area (Å²) in [7, 11) is 1.84. The molecular formula is C24H39N5O2.